The molecular formula is C12H9BrN4O. The third-order valence-electron chi connectivity index (χ3n) is 2.57. The largest absolute Gasteiger partial charge is 0.507 e. The summed E-state index contributed by atoms with van der Waals surface area (Å²) in [6.07, 6.45) is 1.69. The molecule has 0 unspecified atom stereocenters. The summed E-state index contributed by atoms with van der Waals surface area (Å²) in [5.74, 6) is 0.923. The molecule has 18 heavy (non-hydrogen) atoms. The summed E-state index contributed by atoms with van der Waals surface area (Å²) in [6, 6.07) is 9.00. The van der Waals surface area contributed by atoms with Crippen LogP contribution in [0, 0.1) is 0 Å². The van der Waals surface area contributed by atoms with Crippen LogP contribution in [0.4, 0.5) is 11.5 Å². The molecule has 0 spiro atoms. The maximum Gasteiger partial charge on any atom is 0.183 e. The predicted octanol–water partition coefficient (Wildman–Crippen LogP) is 3.17. The van der Waals surface area contributed by atoms with E-state index < -0.39 is 0 Å². The molecule has 3 rings (SSSR count). The lowest BCUT2D eigenvalue weighted by atomic mass is 10.3. The molecule has 0 amide bonds. The zero-order valence-corrected chi connectivity index (χ0v) is 10.8. The molecule has 0 aliphatic rings. The van der Waals surface area contributed by atoms with Crippen LogP contribution in [0.2, 0.25) is 0 Å². The Morgan fingerprint density at radius 1 is 1.22 bits per heavy atom. The molecule has 2 aromatic heterocycles. The molecule has 3 aromatic rings. The van der Waals surface area contributed by atoms with Gasteiger partial charge in [-0.3, -0.25) is 5.10 Å². The van der Waals surface area contributed by atoms with Crippen LogP contribution in [0.5, 0.6) is 5.75 Å². The number of fused-ring (bicyclic) bond motifs is 1. The van der Waals surface area contributed by atoms with E-state index in [9.17, 15) is 5.11 Å². The standard InChI is InChI=1S/C12H9BrN4O/c13-10-8(4-1-5-9(10)18)15-12-7-3-2-6-14-11(7)16-17-12/h1-6,18H,(H2,14,15,16,17). The second-order valence-electron chi connectivity index (χ2n) is 3.74. The molecule has 0 saturated carbocycles. The van der Waals surface area contributed by atoms with Crippen LogP contribution >= 0.6 is 15.9 Å². The van der Waals surface area contributed by atoms with E-state index >= 15 is 0 Å². The smallest absolute Gasteiger partial charge is 0.183 e. The van der Waals surface area contributed by atoms with Crippen LogP contribution in [0.3, 0.4) is 0 Å². The number of aromatic nitrogens is 3. The van der Waals surface area contributed by atoms with Gasteiger partial charge in [0, 0.05) is 6.20 Å². The molecule has 0 atom stereocenters. The lowest BCUT2D eigenvalue weighted by Gasteiger charge is -2.07. The van der Waals surface area contributed by atoms with E-state index in [0.29, 0.717) is 10.1 Å². The Kier molecular flexibility index (Phi) is 2.64. The van der Waals surface area contributed by atoms with Crippen molar-refractivity contribution in [2.45, 2.75) is 0 Å². The summed E-state index contributed by atoms with van der Waals surface area (Å²) in [4.78, 5) is 4.14. The highest BCUT2D eigenvalue weighted by Crippen LogP contribution is 2.33. The Hall–Kier alpha value is -2.08. The monoisotopic (exact) mass is 304 g/mol. The Labute approximate surface area is 111 Å². The fourth-order valence-corrected chi connectivity index (χ4v) is 2.06. The summed E-state index contributed by atoms with van der Waals surface area (Å²) in [5.41, 5.74) is 1.40. The lowest BCUT2D eigenvalue weighted by Crippen LogP contribution is -1.92. The number of aromatic amines is 1. The number of nitrogens with zero attached hydrogens (tertiary/aromatic N) is 2. The highest BCUT2D eigenvalue weighted by Gasteiger charge is 2.09. The van der Waals surface area contributed by atoms with E-state index in [1.807, 2.05) is 18.2 Å². The lowest BCUT2D eigenvalue weighted by molar-refractivity contribution is 0.472. The van der Waals surface area contributed by atoms with Gasteiger partial charge in [0.15, 0.2) is 5.65 Å². The van der Waals surface area contributed by atoms with Crippen molar-refractivity contribution in [1.29, 1.82) is 0 Å². The number of hydrogen-bond donors (Lipinski definition) is 3. The van der Waals surface area contributed by atoms with Crippen molar-refractivity contribution < 1.29 is 5.11 Å². The number of aromatic hydroxyl groups is 1. The zero-order chi connectivity index (χ0) is 12.5. The maximum absolute atomic E-state index is 9.62. The minimum Gasteiger partial charge on any atom is -0.507 e. The van der Waals surface area contributed by atoms with Crippen LogP contribution in [0.25, 0.3) is 11.0 Å². The summed E-state index contributed by atoms with van der Waals surface area (Å²) >= 11 is 3.33. The number of rotatable bonds is 2. The normalized spacial score (nSPS) is 10.7. The van der Waals surface area contributed by atoms with E-state index in [4.69, 9.17) is 0 Å². The number of benzene rings is 1. The van der Waals surface area contributed by atoms with E-state index in [1.165, 1.54) is 0 Å². The van der Waals surface area contributed by atoms with Gasteiger partial charge in [0.1, 0.15) is 11.6 Å². The number of pyridine rings is 1. The topological polar surface area (TPSA) is 73.8 Å². The predicted molar refractivity (Wildman–Crippen MR) is 73.0 cm³/mol. The Morgan fingerprint density at radius 2 is 2.11 bits per heavy atom. The van der Waals surface area contributed by atoms with Gasteiger partial charge in [-0.1, -0.05) is 6.07 Å². The number of nitrogens with one attached hydrogen (secondary N) is 2. The fraction of sp³-hybridized carbons (Fsp3) is 0. The summed E-state index contributed by atoms with van der Waals surface area (Å²) < 4.78 is 0.608. The summed E-state index contributed by atoms with van der Waals surface area (Å²) in [5, 5.41) is 20.7. The number of phenols is 1. The van der Waals surface area contributed by atoms with Crippen molar-refractivity contribution in [2.75, 3.05) is 5.32 Å². The van der Waals surface area contributed by atoms with E-state index in [1.54, 1.807) is 18.3 Å². The van der Waals surface area contributed by atoms with Crippen molar-refractivity contribution in [3.8, 4) is 5.75 Å². The number of hydrogen-bond acceptors (Lipinski definition) is 4. The minimum atomic E-state index is 0.182. The fourth-order valence-electron chi connectivity index (χ4n) is 1.70. The van der Waals surface area contributed by atoms with E-state index in [0.717, 1.165) is 16.9 Å². The molecule has 0 aliphatic carbocycles. The van der Waals surface area contributed by atoms with Crippen molar-refractivity contribution in [3.05, 3.63) is 41.0 Å². The Balaban J connectivity index is 2.04. The molecule has 2 heterocycles. The zero-order valence-electron chi connectivity index (χ0n) is 9.18. The van der Waals surface area contributed by atoms with Crippen molar-refractivity contribution >= 4 is 38.5 Å². The van der Waals surface area contributed by atoms with Gasteiger partial charge in [0.25, 0.3) is 0 Å². The molecule has 0 aliphatic heterocycles. The molecule has 0 radical (unpaired) electrons. The SMILES string of the molecule is Oc1cccc(Nc2[nH]nc3ncccc23)c1Br. The van der Waals surface area contributed by atoms with Gasteiger partial charge in [-0.2, -0.15) is 5.10 Å². The van der Waals surface area contributed by atoms with Gasteiger partial charge in [0.2, 0.25) is 0 Å². The van der Waals surface area contributed by atoms with Crippen LogP contribution in [0.15, 0.2) is 41.0 Å². The average Bonchev–Trinajstić information content (AvgIpc) is 2.79. The van der Waals surface area contributed by atoms with Crippen molar-refractivity contribution in [2.24, 2.45) is 0 Å². The van der Waals surface area contributed by atoms with Gasteiger partial charge in [-0.25, -0.2) is 4.98 Å². The molecule has 1 aromatic carbocycles. The first kappa shape index (κ1) is 11.0. The molecule has 90 valence electrons. The second-order valence-corrected chi connectivity index (χ2v) is 4.53. The quantitative estimate of drug-likeness (QED) is 0.680. The third-order valence-corrected chi connectivity index (χ3v) is 3.40. The number of halogens is 1. The van der Waals surface area contributed by atoms with Gasteiger partial charge < -0.3 is 10.4 Å². The highest BCUT2D eigenvalue weighted by molar-refractivity contribution is 9.10. The molecule has 0 fully saturated rings. The Bertz CT molecular complexity index is 710. The van der Waals surface area contributed by atoms with E-state index in [-0.39, 0.29) is 5.75 Å². The first-order chi connectivity index (χ1) is 8.75. The number of H-pyrrole nitrogens is 1. The first-order valence-corrected chi connectivity index (χ1v) is 6.08. The highest BCUT2D eigenvalue weighted by atomic mass is 79.9. The maximum atomic E-state index is 9.62. The second kappa shape index (κ2) is 4.30. The molecular weight excluding hydrogens is 296 g/mol. The minimum absolute atomic E-state index is 0.182. The summed E-state index contributed by atoms with van der Waals surface area (Å²) in [6.45, 7) is 0. The van der Waals surface area contributed by atoms with Gasteiger partial charge in [0.05, 0.1) is 15.5 Å². The molecule has 3 N–H and O–H groups in total. The van der Waals surface area contributed by atoms with Crippen LogP contribution < -0.4 is 5.32 Å². The van der Waals surface area contributed by atoms with Gasteiger partial charge in [-0.05, 0) is 40.2 Å². The first-order valence-electron chi connectivity index (χ1n) is 5.29. The van der Waals surface area contributed by atoms with Crippen molar-refractivity contribution in [3.63, 3.8) is 0 Å². The molecule has 0 bridgehead atoms. The van der Waals surface area contributed by atoms with Crippen LogP contribution in [0.1, 0.15) is 0 Å². The third kappa shape index (κ3) is 1.80. The van der Waals surface area contributed by atoms with Crippen LogP contribution in [-0.4, -0.2) is 20.3 Å². The number of anilines is 2. The van der Waals surface area contributed by atoms with Crippen LogP contribution in [-0.2, 0) is 0 Å². The van der Waals surface area contributed by atoms with Crippen molar-refractivity contribution in [1.82, 2.24) is 15.2 Å². The molecule has 6 heteroatoms. The number of phenolic OH excluding ortho intramolecular Hbond substituents is 1. The van der Waals surface area contributed by atoms with Gasteiger partial charge in [-0.15, -0.1) is 0 Å². The summed E-state index contributed by atoms with van der Waals surface area (Å²) in [7, 11) is 0. The molecule has 5 nitrogen and oxygen atoms in total. The Morgan fingerprint density at radius 3 is 3.00 bits per heavy atom. The van der Waals surface area contributed by atoms with E-state index in [2.05, 4.69) is 36.4 Å². The average molecular weight is 305 g/mol. The van der Waals surface area contributed by atoms with Gasteiger partial charge >= 0.3 is 0 Å². The molecule has 0 saturated heterocycles.